The van der Waals surface area contributed by atoms with Crippen LogP contribution in [0.25, 0.3) is 0 Å². The van der Waals surface area contributed by atoms with Crippen LogP contribution in [-0.2, 0) is 14.8 Å². The van der Waals surface area contributed by atoms with Gasteiger partial charge in [0.1, 0.15) is 0 Å². The Labute approximate surface area is 116 Å². The van der Waals surface area contributed by atoms with Crippen molar-refractivity contribution < 1.29 is 13.2 Å². The number of aryl methyl sites for hydroxylation is 1. The summed E-state index contributed by atoms with van der Waals surface area (Å²) < 4.78 is 32.8. The van der Waals surface area contributed by atoms with Gasteiger partial charge in [0.25, 0.3) is 0 Å². The largest absolute Gasteiger partial charge is 0.381 e. The van der Waals surface area contributed by atoms with E-state index in [0.29, 0.717) is 4.47 Å². The number of hydrogen-bond donors (Lipinski definition) is 1. The van der Waals surface area contributed by atoms with Gasteiger partial charge in [-0.15, -0.1) is 0 Å². The highest BCUT2D eigenvalue weighted by molar-refractivity contribution is 9.10. The average Bonchev–Trinajstić information content (AvgIpc) is 2.22. The van der Waals surface area contributed by atoms with Crippen molar-refractivity contribution in [2.45, 2.75) is 36.8 Å². The van der Waals surface area contributed by atoms with E-state index in [1.54, 1.807) is 25.3 Å². The number of rotatable bonds is 4. The van der Waals surface area contributed by atoms with Crippen LogP contribution in [-0.4, -0.2) is 27.7 Å². The van der Waals surface area contributed by atoms with Crippen molar-refractivity contribution in [2.24, 2.45) is 0 Å². The first-order chi connectivity index (χ1) is 8.42. The summed E-state index contributed by atoms with van der Waals surface area (Å²) in [5.41, 5.74) is 1.02. The quantitative estimate of drug-likeness (QED) is 0.919. The molecule has 0 aromatic heterocycles. The molecular formula is C12H16BrNO3S. The van der Waals surface area contributed by atoms with E-state index in [2.05, 4.69) is 20.7 Å². The number of sulfonamides is 1. The van der Waals surface area contributed by atoms with Gasteiger partial charge in [-0.1, -0.05) is 6.07 Å². The molecule has 1 saturated carbocycles. The molecule has 1 fully saturated rings. The fourth-order valence-corrected chi connectivity index (χ4v) is 4.41. The molecule has 1 aliphatic carbocycles. The highest BCUT2D eigenvalue weighted by Gasteiger charge is 2.33. The molecule has 1 aliphatic rings. The van der Waals surface area contributed by atoms with Crippen LogP contribution >= 0.6 is 15.9 Å². The van der Waals surface area contributed by atoms with Crippen LogP contribution in [0.2, 0.25) is 0 Å². The second kappa shape index (κ2) is 5.28. The Morgan fingerprint density at radius 3 is 2.61 bits per heavy atom. The molecule has 1 aromatic rings. The van der Waals surface area contributed by atoms with Crippen molar-refractivity contribution in [1.29, 1.82) is 0 Å². The standard InChI is InChI=1S/C12H16BrNO3S/c1-8-3-4-12(11(13)5-8)18(15,16)14-9-6-10(7-9)17-2/h3-5,9-10,14H,6-7H2,1-2H3. The topological polar surface area (TPSA) is 55.4 Å². The van der Waals surface area contributed by atoms with E-state index in [9.17, 15) is 8.42 Å². The molecule has 0 bridgehead atoms. The fourth-order valence-electron chi connectivity index (χ4n) is 1.96. The van der Waals surface area contributed by atoms with Crippen molar-refractivity contribution >= 4 is 26.0 Å². The van der Waals surface area contributed by atoms with Gasteiger partial charge in [0, 0.05) is 17.6 Å². The Balaban J connectivity index is 2.11. The normalized spacial score (nSPS) is 23.7. The number of ether oxygens (including phenoxy) is 1. The van der Waals surface area contributed by atoms with Gasteiger partial charge in [0.2, 0.25) is 10.0 Å². The summed E-state index contributed by atoms with van der Waals surface area (Å²) in [6, 6.07) is 5.19. The van der Waals surface area contributed by atoms with E-state index in [1.807, 2.05) is 6.92 Å². The Morgan fingerprint density at radius 1 is 1.39 bits per heavy atom. The summed E-state index contributed by atoms with van der Waals surface area (Å²) >= 11 is 3.29. The lowest BCUT2D eigenvalue weighted by atomic mass is 9.90. The molecule has 100 valence electrons. The minimum atomic E-state index is -3.45. The molecule has 1 N–H and O–H groups in total. The van der Waals surface area contributed by atoms with Crippen LogP contribution in [0.4, 0.5) is 0 Å². The highest BCUT2D eigenvalue weighted by atomic mass is 79.9. The summed E-state index contributed by atoms with van der Waals surface area (Å²) in [7, 11) is -1.81. The summed E-state index contributed by atoms with van der Waals surface area (Å²) in [5, 5.41) is 0. The highest BCUT2D eigenvalue weighted by Crippen LogP contribution is 2.27. The number of halogens is 1. The van der Waals surface area contributed by atoms with Gasteiger partial charge in [-0.3, -0.25) is 0 Å². The minimum Gasteiger partial charge on any atom is -0.381 e. The third-order valence-electron chi connectivity index (χ3n) is 3.13. The molecule has 18 heavy (non-hydrogen) atoms. The lowest BCUT2D eigenvalue weighted by Crippen LogP contribution is -2.47. The Hall–Kier alpha value is -0.430. The van der Waals surface area contributed by atoms with E-state index in [-0.39, 0.29) is 17.0 Å². The summed E-state index contributed by atoms with van der Waals surface area (Å²) in [5.74, 6) is 0. The molecule has 1 aromatic carbocycles. The molecular weight excluding hydrogens is 318 g/mol. The predicted molar refractivity (Wildman–Crippen MR) is 73.0 cm³/mol. The first kappa shape index (κ1) is 14.0. The van der Waals surface area contributed by atoms with Crippen molar-refractivity contribution in [3.05, 3.63) is 28.2 Å². The van der Waals surface area contributed by atoms with Gasteiger partial charge >= 0.3 is 0 Å². The van der Waals surface area contributed by atoms with Crippen molar-refractivity contribution in [1.82, 2.24) is 4.72 Å². The zero-order valence-corrected chi connectivity index (χ0v) is 12.7. The number of benzene rings is 1. The predicted octanol–water partition coefficient (Wildman–Crippen LogP) is 2.21. The van der Waals surface area contributed by atoms with E-state index in [1.165, 1.54) is 0 Å². The monoisotopic (exact) mass is 333 g/mol. The Kier molecular flexibility index (Phi) is 4.11. The Morgan fingerprint density at radius 2 is 2.06 bits per heavy atom. The van der Waals surface area contributed by atoms with Gasteiger partial charge in [-0.2, -0.15) is 0 Å². The number of methoxy groups -OCH3 is 1. The van der Waals surface area contributed by atoms with Crippen LogP contribution in [0.3, 0.4) is 0 Å². The average molecular weight is 334 g/mol. The van der Waals surface area contributed by atoms with E-state index >= 15 is 0 Å². The van der Waals surface area contributed by atoms with Crippen LogP contribution in [0.1, 0.15) is 18.4 Å². The minimum absolute atomic E-state index is 0.0202. The Bertz CT molecular complexity index is 538. The molecule has 0 radical (unpaired) electrons. The SMILES string of the molecule is COC1CC(NS(=O)(=O)c2ccc(C)cc2Br)C1. The van der Waals surface area contributed by atoms with Gasteiger partial charge in [-0.25, -0.2) is 13.1 Å². The maximum Gasteiger partial charge on any atom is 0.241 e. The zero-order chi connectivity index (χ0) is 13.3. The van der Waals surface area contributed by atoms with Crippen molar-refractivity contribution in [2.75, 3.05) is 7.11 Å². The second-order valence-electron chi connectivity index (χ2n) is 4.58. The molecule has 0 heterocycles. The molecule has 0 unspecified atom stereocenters. The van der Waals surface area contributed by atoms with Gasteiger partial charge in [-0.05, 0) is 53.4 Å². The first-order valence-electron chi connectivity index (χ1n) is 5.73. The summed E-state index contributed by atoms with van der Waals surface area (Å²) in [4.78, 5) is 0.286. The molecule has 0 spiro atoms. The lowest BCUT2D eigenvalue weighted by Gasteiger charge is -2.34. The molecule has 2 rings (SSSR count). The van der Waals surface area contributed by atoms with Gasteiger partial charge in [0.15, 0.2) is 0 Å². The maximum absolute atomic E-state index is 12.2. The summed E-state index contributed by atoms with van der Waals surface area (Å²) in [6.45, 7) is 1.92. The van der Waals surface area contributed by atoms with E-state index < -0.39 is 10.0 Å². The van der Waals surface area contributed by atoms with Crippen LogP contribution in [0.5, 0.6) is 0 Å². The molecule has 6 heteroatoms. The lowest BCUT2D eigenvalue weighted by molar-refractivity contribution is 0.0236. The third-order valence-corrected chi connectivity index (χ3v) is 5.62. The number of hydrogen-bond acceptors (Lipinski definition) is 3. The molecule has 0 amide bonds. The van der Waals surface area contributed by atoms with E-state index in [0.717, 1.165) is 18.4 Å². The molecule has 4 nitrogen and oxygen atoms in total. The van der Waals surface area contributed by atoms with Crippen LogP contribution in [0, 0.1) is 6.92 Å². The molecule has 0 atom stereocenters. The molecule has 0 aliphatic heterocycles. The smallest absolute Gasteiger partial charge is 0.241 e. The van der Waals surface area contributed by atoms with Gasteiger partial charge in [0.05, 0.1) is 11.0 Å². The van der Waals surface area contributed by atoms with Gasteiger partial charge < -0.3 is 4.74 Å². The zero-order valence-electron chi connectivity index (χ0n) is 10.3. The van der Waals surface area contributed by atoms with Crippen LogP contribution in [0.15, 0.2) is 27.6 Å². The third kappa shape index (κ3) is 2.93. The second-order valence-corrected chi connectivity index (χ2v) is 7.12. The van der Waals surface area contributed by atoms with Crippen LogP contribution < -0.4 is 4.72 Å². The summed E-state index contributed by atoms with van der Waals surface area (Å²) in [6.07, 6.45) is 1.65. The first-order valence-corrected chi connectivity index (χ1v) is 8.01. The van der Waals surface area contributed by atoms with E-state index in [4.69, 9.17) is 4.74 Å². The number of nitrogens with one attached hydrogen (secondary N) is 1. The van der Waals surface area contributed by atoms with Crippen molar-refractivity contribution in [3.63, 3.8) is 0 Å². The molecule has 0 saturated heterocycles. The fraction of sp³-hybridized carbons (Fsp3) is 0.500. The van der Waals surface area contributed by atoms with Crippen molar-refractivity contribution in [3.8, 4) is 0 Å². The maximum atomic E-state index is 12.2.